The van der Waals surface area contributed by atoms with E-state index in [0.29, 0.717) is 21.4 Å². The van der Waals surface area contributed by atoms with Crippen LogP contribution in [0.3, 0.4) is 0 Å². The number of alkyl carbamates (subject to hydrolysis) is 1. The second-order valence-electron chi connectivity index (χ2n) is 6.20. The fourth-order valence-electron chi connectivity index (χ4n) is 2.37. The van der Waals surface area contributed by atoms with E-state index >= 15 is 0 Å². The van der Waals surface area contributed by atoms with Crippen molar-refractivity contribution in [3.05, 3.63) is 39.8 Å². The van der Waals surface area contributed by atoms with Crippen molar-refractivity contribution in [3.63, 3.8) is 0 Å². The second-order valence-corrected chi connectivity index (χ2v) is 7.87. The van der Waals surface area contributed by atoms with Crippen LogP contribution in [0.4, 0.5) is 9.93 Å². The van der Waals surface area contributed by atoms with Gasteiger partial charge in [-0.15, -0.1) is 5.10 Å². The molecule has 3 N–H and O–H groups in total. The van der Waals surface area contributed by atoms with Crippen molar-refractivity contribution < 1.29 is 14.3 Å². The minimum absolute atomic E-state index is 0.130. The maximum Gasteiger partial charge on any atom is 0.407 e. The summed E-state index contributed by atoms with van der Waals surface area (Å²) in [6, 6.07) is 9.09. The maximum atomic E-state index is 12.2. The molecule has 9 heteroatoms. The van der Waals surface area contributed by atoms with Crippen molar-refractivity contribution in [3.8, 4) is 0 Å². The monoisotopic (exact) mass is 394 g/mol. The van der Waals surface area contributed by atoms with Crippen molar-refractivity contribution in [1.82, 2.24) is 15.5 Å². The molecule has 1 unspecified atom stereocenters. The molecule has 0 radical (unpaired) electrons. The van der Waals surface area contributed by atoms with Crippen LogP contribution in [0.2, 0.25) is 0 Å². The van der Waals surface area contributed by atoms with Gasteiger partial charge in [-0.05, 0) is 30.1 Å². The zero-order valence-electron chi connectivity index (χ0n) is 14.7. The predicted octanol–water partition coefficient (Wildman–Crippen LogP) is 3.87. The Labute approximate surface area is 161 Å². The highest BCUT2D eigenvalue weighted by atomic mass is 32.1. The number of rotatable bonds is 8. The molecule has 0 fully saturated rings. The van der Waals surface area contributed by atoms with E-state index in [1.165, 1.54) is 11.3 Å². The number of amides is 2. The van der Waals surface area contributed by atoms with E-state index in [1.807, 2.05) is 44.2 Å². The maximum absolute atomic E-state index is 12.2. The summed E-state index contributed by atoms with van der Waals surface area (Å²) in [6.07, 6.45) is 0.248. The molecule has 0 aliphatic heterocycles. The molecule has 0 aliphatic carbocycles. The highest BCUT2D eigenvalue weighted by Crippen LogP contribution is 2.14. The Balaban J connectivity index is 1.85. The van der Waals surface area contributed by atoms with Crippen LogP contribution < -0.4 is 10.6 Å². The molecule has 0 bridgehead atoms. The van der Waals surface area contributed by atoms with Crippen LogP contribution in [0.5, 0.6) is 0 Å². The molecule has 7 nitrogen and oxygen atoms in total. The highest BCUT2D eigenvalue weighted by Gasteiger charge is 2.19. The van der Waals surface area contributed by atoms with Gasteiger partial charge in [-0.3, -0.25) is 9.89 Å². The molecule has 2 aromatic rings. The quantitative estimate of drug-likeness (QED) is 0.591. The Hall–Kier alpha value is -2.26. The first-order valence-corrected chi connectivity index (χ1v) is 9.47. The Morgan fingerprint density at radius 3 is 2.65 bits per heavy atom. The van der Waals surface area contributed by atoms with Gasteiger partial charge in [0.25, 0.3) is 0 Å². The fourth-order valence-corrected chi connectivity index (χ4v) is 3.18. The van der Waals surface area contributed by atoms with Crippen LogP contribution in [0, 0.1) is 9.87 Å². The third kappa shape index (κ3) is 7.32. The molecule has 140 valence electrons. The van der Waals surface area contributed by atoms with Gasteiger partial charge in [-0.1, -0.05) is 55.5 Å². The number of carbonyl (C=O) groups is 2. The summed E-state index contributed by atoms with van der Waals surface area (Å²) in [5.74, 6) is 0.0754. The number of hydrogen-bond donors (Lipinski definition) is 3. The number of anilines is 1. The Morgan fingerprint density at radius 2 is 2.04 bits per heavy atom. The lowest BCUT2D eigenvalue weighted by Gasteiger charge is -2.19. The smallest absolute Gasteiger partial charge is 0.407 e. The summed E-state index contributed by atoms with van der Waals surface area (Å²) in [5, 5.41) is 12.4. The minimum Gasteiger partial charge on any atom is -0.445 e. The summed E-state index contributed by atoms with van der Waals surface area (Å²) in [7, 11) is 0. The third-order valence-corrected chi connectivity index (χ3v) is 4.41. The summed E-state index contributed by atoms with van der Waals surface area (Å²) >= 11 is 6.11. The fraction of sp³-hybridized carbons (Fsp3) is 0.412. The number of ether oxygens (including phenoxy) is 1. The normalized spacial score (nSPS) is 11.8. The lowest BCUT2D eigenvalue weighted by molar-refractivity contribution is -0.116. The van der Waals surface area contributed by atoms with Crippen LogP contribution in [-0.2, 0) is 16.1 Å². The number of benzene rings is 1. The number of carbonyl (C=O) groups excluding carboxylic acids is 2. The van der Waals surface area contributed by atoms with Crippen molar-refractivity contribution in [2.24, 2.45) is 5.92 Å². The first-order chi connectivity index (χ1) is 12.4. The van der Waals surface area contributed by atoms with Gasteiger partial charge in [-0.2, -0.15) is 0 Å². The molecule has 0 saturated heterocycles. The Morgan fingerprint density at radius 1 is 1.31 bits per heavy atom. The van der Waals surface area contributed by atoms with Crippen LogP contribution in [-0.4, -0.2) is 28.2 Å². The first-order valence-electron chi connectivity index (χ1n) is 8.25. The number of H-pyrrole nitrogens is 1. The minimum atomic E-state index is -0.539. The standard InChI is InChI=1S/C17H22N4O3S2/c1-11(2)8-13(9-14(22)19-15-20-21-17(25)26-15)18-16(23)24-10-12-6-4-3-5-7-12/h3-7,11,13H,8-10H2,1-2H3,(H,18,23)(H,21,25)(H,19,20,22). The van der Waals surface area contributed by atoms with Gasteiger partial charge in [0, 0.05) is 12.5 Å². The van der Waals surface area contributed by atoms with E-state index in [-0.39, 0.29) is 25.0 Å². The lowest BCUT2D eigenvalue weighted by atomic mass is 10.0. The van der Waals surface area contributed by atoms with Crippen molar-refractivity contribution >= 4 is 40.7 Å². The largest absolute Gasteiger partial charge is 0.445 e. The molecule has 1 aromatic heterocycles. The van der Waals surface area contributed by atoms with Crippen molar-refractivity contribution in [1.29, 1.82) is 0 Å². The van der Waals surface area contributed by atoms with Crippen molar-refractivity contribution in [2.75, 3.05) is 5.32 Å². The SMILES string of the molecule is CC(C)CC(CC(=O)Nc1n[nH]c(=S)s1)NC(=O)OCc1ccccc1. The van der Waals surface area contributed by atoms with Crippen LogP contribution >= 0.6 is 23.6 Å². The van der Waals surface area contributed by atoms with E-state index < -0.39 is 6.09 Å². The molecule has 2 rings (SSSR count). The molecule has 1 heterocycles. The third-order valence-electron chi connectivity index (χ3n) is 3.41. The summed E-state index contributed by atoms with van der Waals surface area (Å²) in [6.45, 7) is 4.24. The van der Waals surface area contributed by atoms with Crippen LogP contribution in [0.15, 0.2) is 30.3 Å². The zero-order chi connectivity index (χ0) is 18.9. The molecule has 26 heavy (non-hydrogen) atoms. The second kappa shape index (κ2) is 10.0. The molecule has 0 aliphatic rings. The average molecular weight is 395 g/mol. The predicted molar refractivity (Wildman–Crippen MR) is 104 cm³/mol. The van der Waals surface area contributed by atoms with E-state index in [4.69, 9.17) is 17.0 Å². The van der Waals surface area contributed by atoms with E-state index in [9.17, 15) is 9.59 Å². The zero-order valence-corrected chi connectivity index (χ0v) is 16.3. The molecule has 0 saturated carbocycles. The van der Waals surface area contributed by atoms with Gasteiger partial charge in [0.1, 0.15) is 6.61 Å². The topological polar surface area (TPSA) is 96.1 Å². The van der Waals surface area contributed by atoms with E-state index in [2.05, 4.69) is 20.8 Å². The first kappa shape index (κ1) is 20.1. The Bertz CT molecular complexity index is 774. The summed E-state index contributed by atoms with van der Waals surface area (Å²) in [5.41, 5.74) is 0.903. The van der Waals surface area contributed by atoms with Gasteiger partial charge in [-0.25, -0.2) is 4.79 Å². The molecule has 1 atom stereocenters. The molecular weight excluding hydrogens is 372 g/mol. The number of hydrogen-bond acceptors (Lipinski definition) is 6. The van der Waals surface area contributed by atoms with Crippen LogP contribution in [0.1, 0.15) is 32.3 Å². The number of aromatic nitrogens is 2. The molecule has 0 spiro atoms. The van der Waals surface area contributed by atoms with Crippen molar-refractivity contribution in [2.45, 2.75) is 39.3 Å². The lowest BCUT2D eigenvalue weighted by Crippen LogP contribution is -2.38. The number of aromatic amines is 1. The molecular formula is C17H22N4O3S2. The number of nitrogens with one attached hydrogen (secondary N) is 3. The summed E-state index contributed by atoms with van der Waals surface area (Å²) in [4.78, 5) is 24.2. The van der Waals surface area contributed by atoms with E-state index in [0.717, 1.165) is 5.56 Å². The Kier molecular flexibility index (Phi) is 7.73. The molecule has 1 aromatic carbocycles. The van der Waals surface area contributed by atoms with Gasteiger partial charge in [0.2, 0.25) is 11.0 Å². The van der Waals surface area contributed by atoms with Crippen LogP contribution in [0.25, 0.3) is 0 Å². The van der Waals surface area contributed by atoms with Gasteiger partial charge in [0.15, 0.2) is 3.95 Å². The summed E-state index contributed by atoms with van der Waals surface area (Å²) < 4.78 is 5.72. The average Bonchev–Trinajstić information content (AvgIpc) is 2.98. The highest BCUT2D eigenvalue weighted by molar-refractivity contribution is 7.73. The van der Waals surface area contributed by atoms with Gasteiger partial charge < -0.3 is 15.4 Å². The van der Waals surface area contributed by atoms with Gasteiger partial charge >= 0.3 is 6.09 Å². The van der Waals surface area contributed by atoms with Gasteiger partial charge in [0.05, 0.1) is 0 Å². The molecule has 2 amide bonds. The number of nitrogens with zero attached hydrogens (tertiary/aromatic N) is 1. The van der Waals surface area contributed by atoms with E-state index in [1.54, 1.807) is 0 Å².